The Morgan fingerprint density at radius 3 is 2.11 bits per heavy atom. The van der Waals surface area contributed by atoms with Crippen LogP contribution in [0.25, 0.3) is 0 Å². The number of hydrogen-bond acceptors (Lipinski definition) is 6. The molecule has 184 valence electrons. The largest absolute Gasteiger partial charge is 0.448 e. The number of fused-ring (bicyclic) bond motifs is 1. The van der Waals surface area contributed by atoms with Crippen LogP contribution in [-0.4, -0.2) is 57.8 Å². The maximum Gasteiger partial charge on any atom is 0.357 e. The third kappa shape index (κ3) is 4.93. The van der Waals surface area contributed by atoms with Crippen LogP contribution in [0.4, 0.5) is 0 Å². The Morgan fingerprint density at radius 2 is 1.60 bits per heavy atom. The maximum absolute atomic E-state index is 13.8. The van der Waals surface area contributed by atoms with Crippen molar-refractivity contribution in [2.75, 3.05) is 18.8 Å². The molecule has 2 heterocycles. The maximum atomic E-state index is 13.8. The van der Waals surface area contributed by atoms with E-state index in [9.17, 15) is 14.4 Å². The van der Waals surface area contributed by atoms with Crippen LogP contribution in [-0.2, 0) is 19.1 Å². The number of hydrogen-bond donors (Lipinski definition) is 1. The van der Waals surface area contributed by atoms with Gasteiger partial charge in [-0.1, -0.05) is 67.6 Å². The van der Waals surface area contributed by atoms with E-state index < -0.39 is 18.1 Å². The Morgan fingerprint density at radius 1 is 1.03 bits per heavy atom. The zero-order valence-electron chi connectivity index (χ0n) is 20.3. The number of carbonyl (C=O) groups is 3. The lowest BCUT2D eigenvalue weighted by molar-refractivity contribution is -0.155. The van der Waals surface area contributed by atoms with Crippen molar-refractivity contribution >= 4 is 29.5 Å². The molecule has 4 rings (SSSR count). The number of amides is 2. The minimum absolute atomic E-state index is 0.181. The predicted molar refractivity (Wildman–Crippen MR) is 136 cm³/mol. The van der Waals surface area contributed by atoms with Gasteiger partial charge in [-0.2, -0.15) is 0 Å². The van der Waals surface area contributed by atoms with Crippen molar-refractivity contribution in [2.45, 2.75) is 44.7 Å². The van der Waals surface area contributed by atoms with Gasteiger partial charge in [0.05, 0.1) is 5.70 Å². The van der Waals surface area contributed by atoms with Gasteiger partial charge >= 0.3 is 5.97 Å². The van der Waals surface area contributed by atoms with E-state index in [0.29, 0.717) is 25.3 Å². The number of ether oxygens (including phenoxy) is 1. The van der Waals surface area contributed by atoms with E-state index in [4.69, 9.17) is 4.74 Å². The number of nitrogens with zero attached hydrogens (tertiary/aromatic N) is 2. The summed E-state index contributed by atoms with van der Waals surface area (Å²) in [6, 6.07) is 18.5. The minimum Gasteiger partial charge on any atom is -0.448 e. The van der Waals surface area contributed by atoms with Gasteiger partial charge in [-0.05, 0) is 25.0 Å². The fourth-order valence-corrected chi connectivity index (χ4v) is 5.85. The summed E-state index contributed by atoms with van der Waals surface area (Å²) in [5.74, 6) is -0.444. The molecule has 2 aliphatic heterocycles. The molecule has 1 fully saturated rings. The van der Waals surface area contributed by atoms with Crippen LogP contribution in [0.2, 0.25) is 0 Å². The van der Waals surface area contributed by atoms with Crippen molar-refractivity contribution in [3.05, 3.63) is 83.2 Å². The first-order chi connectivity index (χ1) is 17.0. The SMILES string of the molecule is CCC(=O)NC1C(=O)N2C(C(=O)OC(c3ccccc3)c3ccccc3)=C(N(CC)CC)CS[C@@H]12. The number of benzene rings is 2. The van der Waals surface area contributed by atoms with Crippen LogP contribution in [0.5, 0.6) is 0 Å². The number of carbonyl (C=O) groups excluding carboxylic acids is 3. The molecule has 0 aromatic heterocycles. The third-order valence-electron chi connectivity index (χ3n) is 6.35. The highest BCUT2D eigenvalue weighted by Gasteiger charge is 2.55. The second-order valence-electron chi connectivity index (χ2n) is 8.38. The van der Waals surface area contributed by atoms with Crippen LogP contribution >= 0.6 is 11.8 Å². The van der Waals surface area contributed by atoms with E-state index in [1.807, 2.05) is 74.5 Å². The molecule has 1 N–H and O–H groups in total. The number of nitrogens with one attached hydrogen (secondary N) is 1. The van der Waals surface area contributed by atoms with Gasteiger partial charge in [-0.15, -0.1) is 11.8 Å². The lowest BCUT2D eigenvalue weighted by Crippen LogP contribution is -2.71. The van der Waals surface area contributed by atoms with Crippen molar-refractivity contribution in [3.8, 4) is 0 Å². The van der Waals surface area contributed by atoms with Gasteiger partial charge in [0.1, 0.15) is 11.4 Å². The summed E-state index contributed by atoms with van der Waals surface area (Å²) < 4.78 is 6.16. The van der Waals surface area contributed by atoms with Gasteiger partial charge in [0.25, 0.3) is 5.91 Å². The predicted octanol–water partition coefficient (Wildman–Crippen LogP) is 3.68. The molecule has 2 aromatic carbocycles. The molecular formula is C27H31N3O4S. The van der Waals surface area contributed by atoms with E-state index in [1.165, 1.54) is 4.90 Å². The summed E-state index contributed by atoms with van der Waals surface area (Å²) in [6.07, 6.45) is -0.317. The fraction of sp³-hybridized carbons (Fsp3) is 0.370. The smallest absolute Gasteiger partial charge is 0.357 e. The zero-order valence-corrected chi connectivity index (χ0v) is 21.1. The minimum atomic E-state index is -0.632. The van der Waals surface area contributed by atoms with Crippen LogP contribution in [0.1, 0.15) is 44.4 Å². The molecule has 8 heteroatoms. The number of esters is 1. The summed E-state index contributed by atoms with van der Waals surface area (Å²) in [5, 5.41) is 2.47. The monoisotopic (exact) mass is 493 g/mol. The molecule has 0 aliphatic carbocycles. The molecule has 2 amide bonds. The Labute approximate surface area is 210 Å². The van der Waals surface area contributed by atoms with Crippen LogP contribution < -0.4 is 5.32 Å². The summed E-state index contributed by atoms with van der Waals surface area (Å²) in [7, 11) is 0. The van der Waals surface area contributed by atoms with E-state index >= 15 is 0 Å². The van der Waals surface area contributed by atoms with E-state index in [1.54, 1.807) is 18.7 Å². The lowest BCUT2D eigenvalue weighted by Gasteiger charge is -2.50. The van der Waals surface area contributed by atoms with E-state index in [0.717, 1.165) is 16.8 Å². The van der Waals surface area contributed by atoms with Gasteiger partial charge in [0, 0.05) is 25.3 Å². The van der Waals surface area contributed by atoms with Gasteiger partial charge in [0.2, 0.25) is 5.91 Å². The number of rotatable bonds is 9. The quantitative estimate of drug-likeness (QED) is 0.424. The van der Waals surface area contributed by atoms with Gasteiger partial charge in [0.15, 0.2) is 11.8 Å². The first kappa shape index (κ1) is 24.9. The summed E-state index contributed by atoms with van der Waals surface area (Å²) in [6.45, 7) is 7.20. The van der Waals surface area contributed by atoms with Gasteiger partial charge in [-0.25, -0.2) is 4.79 Å². The first-order valence-electron chi connectivity index (χ1n) is 12.0. The van der Waals surface area contributed by atoms with Crippen molar-refractivity contribution < 1.29 is 19.1 Å². The molecule has 2 aliphatic rings. The normalized spacial score (nSPS) is 19.2. The molecule has 2 atom stereocenters. The molecule has 0 spiro atoms. The Hall–Kier alpha value is -3.26. The molecule has 0 saturated carbocycles. The highest BCUT2D eigenvalue weighted by Crippen LogP contribution is 2.42. The van der Waals surface area contributed by atoms with E-state index in [-0.39, 0.29) is 22.9 Å². The van der Waals surface area contributed by atoms with Gasteiger partial charge in [-0.3, -0.25) is 14.5 Å². The highest BCUT2D eigenvalue weighted by atomic mass is 32.2. The number of β-lactam (4-membered cyclic amide) rings is 1. The molecule has 0 radical (unpaired) electrons. The molecule has 35 heavy (non-hydrogen) atoms. The number of thioether (sulfide) groups is 1. The van der Waals surface area contributed by atoms with Crippen molar-refractivity contribution in [1.82, 2.24) is 15.1 Å². The first-order valence-corrected chi connectivity index (χ1v) is 13.1. The van der Waals surface area contributed by atoms with Crippen LogP contribution in [0.3, 0.4) is 0 Å². The Kier molecular flexibility index (Phi) is 7.80. The molecule has 1 saturated heterocycles. The average molecular weight is 494 g/mol. The average Bonchev–Trinajstić information content (AvgIpc) is 2.91. The molecular weight excluding hydrogens is 462 g/mol. The Balaban J connectivity index is 1.69. The van der Waals surface area contributed by atoms with Crippen molar-refractivity contribution in [3.63, 3.8) is 0 Å². The van der Waals surface area contributed by atoms with Gasteiger partial charge < -0.3 is 15.0 Å². The molecule has 0 bridgehead atoms. The molecule has 7 nitrogen and oxygen atoms in total. The van der Waals surface area contributed by atoms with Crippen LogP contribution in [0.15, 0.2) is 72.1 Å². The summed E-state index contributed by atoms with van der Waals surface area (Å²) in [5.41, 5.74) is 2.76. The zero-order chi connectivity index (χ0) is 24.9. The van der Waals surface area contributed by atoms with Crippen molar-refractivity contribution in [1.29, 1.82) is 0 Å². The highest BCUT2D eigenvalue weighted by molar-refractivity contribution is 8.00. The Bertz CT molecular complexity index is 1060. The van der Waals surface area contributed by atoms with E-state index in [2.05, 4.69) is 10.2 Å². The second-order valence-corrected chi connectivity index (χ2v) is 9.49. The molecule has 2 aromatic rings. The molecule has 1 unspecified atom stereocenters. The summed E-state index contributed by atoms with van der Waals surface area (Å²) >= 11 is 1.56. The lowest BCUT2D eigenvalue weighted by atomic mass is 10.0. The second kappa shape index (κ2) is 11.0. The van der Waals surface area contributed by atoms with Crippen LogP contribution in [0, 0.1) is 0 Å². The third-order valence-corrected chi connectivity index (χ3v) is 7.62. The fourth-order valence-electron chi connectivity index (χ4n) is 4.46. The topological polar surface area (TPSA) is 79.0 Å². The van der Waals surface area contributed by atoms with Crippen molar-refractivity contribution in [2.24, 2.45) is 0 Å². The standard InChI is InChI=1S/C27H31N3O4S/c1-4-21(31)28-22-25(32)30-23(20(17-35-26(22)30)29(5-2)6-3)27(33)34-24(18-13-9-7-10-14-18)19-15-11-8-12-16-19/h7-16,22,24,26H,4-6,17H2,1-3H3,(H,28,31)/t22?,26-/m0/s1. The summed E-state index contributed by atoms with van der Waals surface area (Å²) in [4.78, 5) is 42.6.